The lowest BCUT2D eigenvalue weighted by Gasteiger charge is -2.21. The third kappa shape index (κ3) is 4.97. The van der Waals surface area contributed by atoms with Crippen LogP contribution in [0.1, 0.15) is 11.1 Å². The van der Waals surface area contributed by atoms with E-state index in [1.165, 1.54) is 12.1 Å². The van der Waals surface area contributed by atoms with Crippen LogP contribution in [-0.2, 0) is 17.9 Å². The van der Waals surface area contributed by atoms with E-state index in [0.29, 0.717) is 13.1 Å². The average molecular weight is 370 g/mol. The van der Waals surface area contributed by atoms with E-state index in [4.69, 9.17) is 0 Å². The number of fused-ring (bicyclic) bond motifs is 1. The maximum absolute atomic E-state index is 12.9. The van der Waals surface area contributed by atoms with E-state index in [9.17, 15) is 14.0 Å². The molecule has 3 amide bonds. The van der Waals surface area contributed by atoms with E-state index in [0.717, 1.165) is 23.4 Å². The summed E-state index contributed by atoms with van der Waals surface area (Å²) in [6.07, 6.45) is 0. The third-order valence-corrected chi connectivity index (χ3v) is 4.59. The highest BCUT2D eigenvalue weighted by Gasteiger charge is 2.21. The molecule has 142 valence electrons. The molecule has 0 unspecified atom stereocenters. The molecule has 0 atom stereocenters. The van der Waals surface area contributed by atoms with Gasteiger partial charge in [-0.25, -0.2) is 9.18 Å². The summed E-state index contributed by atoms with van der Waals surface area (Å²) >= 11 is 0. The summed E-state index contributed by atoms with van der Waals surface area (Å²) in [6, 6.07) is 13.5. The van der Waals surface area contributed by atoms with Gasteiger partial charge < -0.3 is 20.4 Å². The number of amides is 3. The summed E-state index contributed by atoms with van der Waals surface area (Å²) in [5.74, 6) is -0.449. The molecule has 2 aromatic rings. The predicted octanol–water partition coefficient (Wildman–Crippen LogP) is 2.10. The molecule has 0 saturated heterocycles. The second-order valence-electron chi connectivity index (χ2n) is 6.53. The molecule has 2 N–H and O–H groups in total. The summed E-state index contributed by atoms with van der Waals surface area (Å²) in [5, 5.41) is 5.25. The zero-order valence-electron chi connectivity index (χ0n) is 15.2. The number of nitrogens with zero attached hydrogens (tertiary/aromatic N) is 2. The smallest absolute Gasteiger partial charge is 0.315 e. The number of likely N-dealkylation sites (N-methyl/N-ethyl adjacent to an activating group) is 1. The molecule has 0 saturated carbocycles. The number of halogens is 1. The van der Waals surface area contributed by atoms with Gasteiger partial charge in [0.1, 0.15) is 5.82 Å². The minimum absolute atomic E-state index is 0.0683. The van der Waals surface area contributed by atoms with Crippen LogP contribution in [0.25, 0.3) is 0 Å². The number of anilines is 1. The summed E-state index contributed by atoms with van der Waals surface area (Å²) in [6.45, 7) is 2.06. The van der Waals surface area contributed by atoms with E-state index in [2.05, 4.69) is 15.5 Å². The summed E-state index contributed by atoms with van der Waals surface area (Å²) in [4.78, 5) is 28.3. The molecule has 27 heavy (non-hydrogen) atoms. The standard InChI is InChI=1S/C20H23FN4O2/c1-24-10-11-25(14-16-4-2-3-5-18(16)24)19(26)13-23-20(27)22-12-15-6-8-17(21)9-7-15/h2-9H,10-14H2,1H3,(H2,22,23,27). The molecule has 1 aliphatic heterocycles. The number of nitrogens with one attached hydrogen (secondary N) is 2. The first-order chi connectivity index (χ1) is 13.0. The molecule has 0 fully saturated rings. The molecule has 1 aliphatic rings. The molecule has 0 spiro atoms. The Morgan fingerprint density at radius 1 is 1.04 bits per heavy atom. The highest BCUT2D eigenvalue weighted by Crippen LogP contribution is 2.23. The van der Waals surface area contributed by atoms with Crippen molar-refractivity contribution in [3.8, 4) is 0 Å². The topological polar surface area (TPSA) is 64.7 Å². The number of hydrogen-bond acceptors (Lipinski definition) is 3. The van der Waals surface area contributed by atoms with Crippen LogP contribution in [0.2, 0.25) is 0 Å². The van der Waals surface area contributed by atoms with Gasteiger partial charge in [-0.2, -0.15) is 0 Å². The van der Waals surface area contributed by atoms with Crippen LogP contribution in [-0.4, -0.2) is 43.5 Å². The first-order valence-electron chi connectivity index (χ1n) is 8.86. The van der Waals surface area contributed by atoms with Crippen molar-refractivity contribution in [2.75, 3.05) is 31.6 Å². The van der Waals surface area contributed by atoms with Crippen molar-refractivity contribution >= 4 is 17.6 Å². The zero-order valence-corrected chi connectivity index (χ0v) is 15.2. The number of para-hydroxylation sites is 1. The number of carbonyl (C=O) groups excluding carboxylic acids is 2. The molecule has 6 nitrogen and oxygen atoms in total. The average Bonchev–Trinajstić information content (AvgIpc) is 2.85. The van der Waals surface area contributed by atoms with Gasteiger partial charge in [-0.3, -0.25) is 4.79 Å². The molecule has 0 bridgehead atoms. The van der Waals surface area contributed by atoms with Gasteiger partial charge in [-0.1, -0.05) is 30.3 Å². The quantitative estimate of drug-likeness (QED) is 0.866. The van der Waals surface area contributed by atoms with E-state index in [-0.39, 0.29) is 24.8 Å². The van der Waals surface area contributed by atoms with Gasteiger partial charge >= 0.3 is 6.03 Å². The van der Waals surface area contributed by atoms with Crippen LogP contribution in [0.3, 0.4) is 0 Å². The fourth-order valence-corrected chi connectivity index (χ4v) is 3.02. The second kappa shape index (κ2) is 8.53. The number of urea groups is 1. The second-order valence-corrected chi connectivity index (χ2v) is 6.53. The molecule has 2 aromatic carbocycles. The molecule has 7 heteroatoms. The molecular weight excluding hydrogens is 347 g/mol. The fourth-order valence-electron chi connectivity index (χ4n) is 3.02. The predicted molar refractivity (Wildman–Crippen MR) is 102 cm³/mol. The largest absolute Gasteiger partial charge is 0.373 e. The van der Waals surface area contributed by atoms with Crippen LogP contribution in [0.5, 0.6) is 0 Å². The van der Waals surface area contributed by atoms with Gasteiger partial charge in [0.15, 0.2) is 0 Å². The summed E-state index contributed by atoms with van der Waals surface area (Å²) in [7, 11) is 2.01. The summed E-state index contributed by atoms with van der Waals surface area (Å²) < 4.78 is 12.9. The Kier molecular flexibility index (Phi) is 5.90. The lowest BCUT2D eigenvalue weighted by Crippen LogP contribution is -2.44. The van der Waals surface area contributed by atoms with Gasteiger partial charge in [-0.05, 0) is 29.3 Å². The number of benzene rings is 2. The van der Waals surface area contributed by atoms with Gasteiger partial charge in [-0.15, -0.1) is 0 Å². The molecule has 0 aromatic heterocycles. The van der Waals surface area contributed by atoms with E-state index >= 15 is 0 Å². The van der Waals surface area contributed by atoms with Gasteiger partial charge in [0.2, 0.25) is 5.91 Å². The van der Waals surface area contributed by atoms with Crippen LogP contribution >= 0.6 is 0 Å². The number of hydrogen-bond donors (Lipinski definition) is 2. The van der Waals surface area contributed by atoms with Gasteiger partial charge in [0.25, 0.3) is 0 Å². The normalized spacial score (nSPS) is 13.6. The summed E-state index contributed by atoms with van der Waals surface area (Å²) in [5.41, 5.74) is 2.99. The van der Waals surface area contributed by atoms with Crippen LogP contribution < -0.4 is 15.5 Å². The molecule has 1 heterocycles. The maximum atomic E-state index is 12.9. The first-order valence-corrected chi connectivity index (χ1v) is 8.86. The Hall–Kier alpha value is -3.09. The highest BCUT2D eigenvalue weighted by molar-refractivity contribution is 5.84. The number of carbonyl (C=O) groups is 2. The maximum Gasteiger partial charge on any atom is 0.315 e. The molecule has 0 radical (unpaired) electrons. The van der Waals surface area contributed by atoms with Crippen molar-refractivity contribution in [3.63, 3.8) is 0 Å². The van der Waals surface area contributed by atoms with Gasteiger partial charge in [0, 0.05) is 38.9 Å². The van der Waals surface area contributed by atoms with Crippen molar-refractivity contribution in [3.05, 3.63) is 65.5 Å². The Bertz CT molecular complexity index is 810. The highest BCUT2D eigenvalue weighted by atomic mass is 19.1. The Morgan fingerprint density at radius 2 is 1.78 bits per heavy atom. The lowest BCUT2D eigenvalue weighted by atomic mass is 10.1. The molecule has 0 aliphatic carbocycles. The van der Waals surface area contributed by atoms with Crippen LogP contribution in [0.4, 0.5) is 14.9 Å². The minimum atomic E-state index is -0.431. The zero-order chi connectivity index (χ0) is 19.2. The van der Waals surface area contributed by atoms with Crippen molar-refractivity contribution in [2.45, 2.75) is 13.1 Å². The van der Waals surface area contributed by atoms with Crippen molar-refractivity contribution < 1.29 is 14.0 Å². The SMILES string of the molecule is CN1CCN(C(=O)CNC(=O)NCc2ccc(F)cc2)Cc2ccccc21. The Labute approximate surface area is 158 Å². The Morgan fingerprint density at radius 3 is 2.56 bits per heavy atom. The van der Waals surface area contributed by atoms with E-state index in [1.54, 1.807) is 17.0 Å². The first kappa shape index (κ1) is 18.7. The minimum Gasteiger partial charge on any atom is -0.373 e. The molecular formula is C20H23FN4O2. The van der Waals surface area contributed by atoms with Crippen LogP contribution in [0.15, 0.2) is 48.5 Å². The van der Waals surface area contributed by atoms with Crippen LogP contribution in [0, 0.1) is 5.82 Å². The molecule has 3 rings (SSSR count). The van der Waals surface area contributed by atoms with Crippen molar-refractivity contribution in [1.29, 1.82) is 0 Å². The monoisotopic (exact) mass is 370 g/mol. The van der Waals surface area contributed by atoms with Crippen molar-refractivity contribution in [2.24, 2.45) is 0 Å². The Balaban J connectivity index is 1.48. The lowest BCUT2D eigenvalue weighted by molar-refractivity contribution is -0.130. The third-order valence-electron chi connectivity index (χ3n) is 4.59. The van der Waals surface area contributed by atoms with Gasteiger partial charge in [0.05, 0.1) is 6.54 Å². The van der Waals surface area contributed by atoms with E-state index < -0.39 is 6.03 Å². The fraction of sp³-hybridized carbons (Fsp3) is 0.300. The number of rotatable bonds is 4. The van der Waals surface area contributed by atoms with Crippen molar-refractivity contribution in [1.82, 2.24) is 15.5 Å². The van der Waals surface area contributed by atoms with E-state index in [1.807, 2.05) is 31.3 Å².